The number of nitrogens with zero attached hydrogens (tertiary/aromatic N) is 1. The number of unbranched alkanes of at least 4 members (excludes halogenated alkanes) is 12. The van der Waals surface area contributed by atoms with Crippen LogP contribution in [0.1, 0.15) is 115 Å². The van der Waals surface area contributed by atoms with Crippen molar-refractivity contribution in [3.63, 3.8) is 0 Å². The Kier molecular flexibility index (Phi) is 13.2. The van der Waals surface area contributed by atoms with E-state index in [4.69, 9.17) is 0 Å². The van der Waals surface area contributed by atoms with Gasteiger partial charge in [-0.2, -0.15) is 0 Å². The van der Waals surface area contributed by atoms with E-state index in [9.17, 15) is 4.79 Å². The zero-order valence-electron chi connectivity index (χ0n) is 20.8. The Bertz CT molecular complexity index is 574. The fraction of sp³-hybridized carbons (Fsp3) is 0.759. The summed E-state index contributed by atoms with van der Waals surface area (Å²) in [6.07, 6.45) is 20.8. The average Bonchev–Trinajstić information content (AvgIpc) is 2.78. The number of ketones is 1. The number of hydrogen-bond acceptors (Lipinski definition) is 1. The first kappa shape index (κ1) is 26.1. The van der Waals surface area contributed by atoms with Gasteiger partial charge in [-0.3, -0.25) is 4.79 Å². The van der Waals surface area contributed by atoms with Crippen molar-refractivity contribution in [2.75, 3.05) is 20.1 Å². The van der Waals surface area contributed by atoms with Crippen LogP contribution < -0.4 is 0 Å². The van der Waals surface area contributed by atoms with Gasteiger partial charge in [0, 0.05) is 30.7 Å². The number of carbonyl (C=O) groups excluding carboxylic acids is 1. The van der Waals surface area contributed by atoms with Crippen molar-refractivity contribution in [3.05, 3.63) is 35.9 Å². The lowest BCUT2D eigenvalue weighted by Gasteiger charge is -2.40. The van der Waals surface area contributed by atoms with E-state index in [0.29, 0.717) is 11.7 Å². The SMILES string of the molecule is CCCCCCCCCCCCCCCC(=O)C1CC[N+](C)(Cc2ccccc2)CC1. The van der Waals surface area contributed by atoms with Gasteiger partial charge in [0.2, 0.25) is 0 Å². The van der Waals surface area contributed by atoms with Crippen LogP contribution >= 0.6 is 0 Å². The summed E-state index contributed by atoms with van der Waals surface area (Å²) < 4.78 is 1.09. The first-order valence-electron chi connectivity index (χ1n) is 13.5. The molecule has 0 bridgehead atoms. The Morgan fingerprint density at radius 3 is 1.77 bits per heavy atom. The highest BCUT2D eigenvalue weighted by atomic mass is 16.1. The molecule has 31 heavy (non-hydrogen) atoms. The molecule has 0 amide bonds. The maximum Gasteiger partial charge on any atom is 0.136 e. The first-order chi connectivity index (χ1) is 15.1. The number of hydrogen-bond donors (Lipinski definition) is 0. The molecule has 1 fully saturated rings. The van der Waals surface area contributed by atoms with Crippen molar-refractivity contribution in [2.45, 2.75) is 116 Å². The van der Waals surface area contributed by atoms with Crippen molar-refractivity contribution in [1.82, 2.24) is 0 Å². The highest BCUT2D eigenvalue weighted by Crippen LogP contribution is 2.26. The third kappa shape index (κ3) is 11.3. The van der Waals surface area contributed by atoms with Crippen LogP contribution in [0.4, 0.5) is 0 Å². The minimum absolute atomic E-state index is 0.333. The van der Waals surface area contributed by atoms with Gasteiger partial charge in [-0.05, 0) is 6.42 Å². The smallest absolute Gasteiger partial charge is 0.136 e. The molecule has 1 aromatic rings. The summed E-state index contributed by atoms with van der Waals surface area (Å²) in [6, 6.07) is 10.8. The molecule has 1 heterocycles. The monoisotopic (exact) mass is 428 g/mol. The number of rotatable bonds is 17. The minimum Gasteiger partial charge on any atom is -0.322 e. The fourth-order valence-electron chi connectivity index (χ4n) is 5.22. The molecule has 2 rings (SSSR count). The molecule has 0 spiro atoms. The second-order valence-corrected chi connectivity index (χ2v) is 10.4. The minimum atomic E-state index is 0.333. The number of benzene rings is 1. The number of carbonyl (C=O) groups is 1. The lowest BCUT2D eigenvalue weighted by atomic mass is 9.88. The molecule has 0 radical (unpaired) electrons. The lowest BCUT2D eigenvalue weighted by Crippen LogP contribution is -2.50. The van der Waals surface area contributed by atoms with Crippen molar-refractivity contribution in [3.8, 4) is 0 Å². The highest BCUT2D eigenvalue weighted by molar-refractivity contribution is 5.81. The van der Waals surface area contributed by atoms with E-state index < -0.39 is 0 Å². The lowest BCUT2D eigenvalue weighted by molar-refractivity contribution is -0.927. The number of Topliss-reactive ketones (excluding diaryl/α,β-unsaturated/α-hetero) is 1. The van der Waals surface area contributed by atoms with Gasteiger partial charge in [0.1, 0.15) is 12.3 Å². The zero-order chi connectivity index (χ0) is 22.2. The van der Waals surface area contributed by atoms with E-state index in [1.165, 1.54) is 82.6 Å². The summed E-state index contributed by atoms with van der Waals surface area (Å²) in [7, 11) is 2.36. The first-order valence-corrected chi connectivity index (χ1v) is 13.5. The maximum atomic E-state index is 12.7. The summed E-state index contributed by atoms with van der Waals surface area (Å²) in [5.74, 6) is 0.883. The van der Waals surface area contributed by atoms with Gasteiger partial charge in [-0.25, -0.2) is 0 Å². The summed E-state index contributed by atoms with van der Waals surface area (Å²) in [5, 5.41) is 0. The van der Waals surface area contributed by atoms with Crippen LogP contribution in [0.2, 0.25) is 0 Å². The quantitative estimate of drug-likeness (QED) is 0.181. The number of piperidine rings is 1. The van der Waals surface area contributed by atoms with Crippen LogP contribution in [0.15, 0.2) is 30.3 Å². The molecule has 1 aromatic carbocycles. The van der Waals surface area contributed by atoms with E-state index in [-0.39, 0.29) is 0 Å². The van der Waals surface area contributed by atoms with Crippen molar-refractivity contribution in [1.29, 1.82) is 0 Å². The summed E-state index contributed by atoms with van der Waals surface area (Å²) in [5.41, 5.74) is 1.42. The van der Waals surface area contributed by atoms with Gasteiger partial charge in [-0.1, -0.05) is 114 Å². The van der Waals surface area contributed by atoms with Crippen LogP contribution in [0.5, 0.6) is 0 Å². The Labute approximate surface area is 193 Å². The Morgan fingerprint density at radius 2 is 1.26 bits per heavy atom. The molecule has 1 aliphatic rings. The van der Waals surface area contributed by atoms with E-state index in [1.54, 1.807) is 0 Å². The van der Waals surface area contributed by atoms with Crippen molar-refractivity contribution >= 4 is 5.78 Å². The van der Waals surface area contributed by atoms with Gasteiger partial charge >= 0.3 is 0 Å². The van der Waals surface area contributed by atoms with Crippen LogP contribution in [-0.2, 0) is 11.3 Å². The zero-order valence-corrected chi connectivity index (χ0v) is 20.8. The molecular formula is C29H50NO+. The molecule has 176 valence electrons. The number of likely N-dealkylation sites (tertiary alicyclic amines) is 1. The van der Waals surface area contributed by atoms with Crippen LogP contribution in [0.25, 0.3) is 0 Å². The molecule has 0 aliphatic carbocycles. The second-order valence-electron chi connectivity index (χ2n) is 10.4. The normalized spacial score (nSPS) is 21.3. The molecule has 0 saturated carbocycles. The summed E-state index contributed by atoms with van der Waals surface area (Å²) >= 11 is 0. The topological polar surface area (TPSA) is 17.1 Å². The molecule has 0 N–H and O–H groups in total. The van der Waals surface area contributed by atoms with Crippen LogP contribution in [0.3, 0.4) is 0 Å². The standard InChI is InChI=1S/C29H50NO/c1-3-4-5-6-7-8-9-10-11-12-13-14-18-21-29(31)28-22-24-30(2,25-23-28)26-27-19-16-15-17-20-27/h15-17,19-20,28H,3-14,18,21-26H2,1-2H3/q+1. The van der Waals surface area contributed by atoms with E-state index in [0.717, 1.165) is 49.8 Å². The van der Waals surface area contributed by atoms with Gasteiger partial charge in [0.25, 0.3) is 0 Å². The van der Waals surface area contributed by atoms with Gasteiger partial charge < -0.3 is 4.48 Å². The van der Waals surface area contributed by atoms with Crippen LogP contribution in [-0.4, -0.2) is 30.4 Å². The predicted octanol–water partition coefficient (Wildman–Crippen LogP) is 8.09. The van der Waals surface area contributed by atoms with Gasteiger partial charge in [-0.15, -0.1) is 0 Å². The molecular weight excluding hydrogens is 378 g/mol. The third-order valence-electron chi connectivity index (χ3n) is 7.42. The molecule has 1 saturated heterocycles. The summed E-state index contributed by atoms with van der Waals surface area (Å²) in [6.45, 7) is 5.67. The van der Waals surface area contributed by atoms with E-state index >= 15 is 0 Å². The summed E-state index contributed by atoms with van der Waals surface area (Å²) in [4.78, 5) is 12.7. The Morgan fingerprint density at radius 1 is 0.774 bits per heavy atom. The molecule has 0 aromatic heterocycles. The highest BCUT2D eigenvalue weighted by Gasteiger charge is 2.32. The van der Waals surface area contributed by atoms with Crippen molar-refractivity contribution < 1.29 is 9.28 Å². The maximum absolute atomic E-state index is 12.7. The molecule has 0 atom stereocenters. The Hall–Kier alpha value is -1.15. The molecule has 1 aliphatic heterocycles. The van der Waals surface area contributed by atoms with E-state index in [2.05, 4.69) is 44.3 Å². The Balaban J connectivity index is 1.44. The number of quaternary nitrogens is 1. The van der Waals surface area contributed by atoms with E-state index in [1.807, 2.05) is 0 Å². The fourth-order valence-corrected chi connectivity index (χ4v) is 5.22. The van der Waals surface area contributed by atoms with Crippen LogP contribution in [0, 0.1) is 5.92 Å². The third-order valence-corrected chi connectivity index (χ3v) is 7.42. The van der Waals surface area contributed by atoms with Gasteiger partial charge in [0.05, 0.1) is 20.1 Å². The average molecular weight is 429 g/mol. The van der Waals surface area contributed by atoms with Crippen molar-refractivity contribution in [2.24, 2.45) is 5.92 Å². The second kappa shape index (κ2) is 15.6. The molecule has 2 heteroatoms. The molecule has 0 unspecified atom stereocenters. The predicted molar refractivity (Wildman–Crippen MR) is 134 cm³/mol. The largest absolute Gasteiger partial charge is 0.322 e. The molecule has 2 nitrogen and oxygen atoms in total. The van der Waals surface area contributed by atoms with Gasteiger partial charge in [0.15, 0.2) is 0 Å².